The summed E-state index contributed by atoms with van der Waals surface area (Å²) in [6, 6.07) is 10.9. The summed E-state index contributed by atoms with van der Waals surface area (Å²) >= 11 is 7.12. The van der Waals surface area contributed by atoms with Crippen molar-refractivity contribution in [2.75, 3.05) is 26.0 Å². The Bertz CT molecular complexity index is 968. The minimum atomic E-state index is -0.0253. The number of likely N-dealkylation sites (N-methyl/N-ethyl adjacent to an activating group) is 1. The number of thioether (sulfide) groups is 1. The molecule has 1 amide bonds. The van der Waals surface area contributed by atoms with Crippen LogP contribution in [0.2, 0.25) is 5.02 Å². The Labute approximate surface area is 178 Å². The summed E-state index contributed by atoms with van der Waals surface area (Å²) in [6.07, 6.45) is 3.58. The Hall–Kier alpha value is -2.71. The van der Waals surface area contributed by atoms with Crippen molar-refractivity contribution in [1.29, 1.82) is 0 Å². The first-order valence-corrected chi connectivity index (χ1v) is 10.3. The highest BCUT2D eigenvalue weighted by Gasteiger charge is 2.11. The number of ether oxygens (including phenoxy) is 1. The molecule has 0 bridgehead atoms. The zero-order chi connectivity index (χ0) is 20.6. The van der Waals surface area contributed by atoms with Crippen LogP contribution in [0.1, 0.15) is 17.3 Å². The van der Waals surface area contributed by atoms with Gasteiger partial charge in [-0.3, -0.25) is 9.89 Å². The second-order valence-electron chi connectivity index (χ2n) is 6.19. The number of nitrogens with one attached hydrogen (secondary N) is 1. The van der Waals surface area contributed by atoms with Crippen molar-refractivity contribution in [2.45, 2.75) is 12.1 Å². The molecule has 0 spiro atoms. The van der Waals surface area contributed by atoms with E-state index in [4.69, 9.17) is 20.8 Å². The van der Waals surface area contributed by atoms with E-state index < -0.39 is 0 Å². The number of benzene rings is 1. The molecule has 2 heterocycles. The molecule has 0 radical (unpaired) electrons. The first-order valence-electron chi connectivity index (χ1n) is 8.91. The summed E-state index contributed by atoms with van der Waals surface area (Å²) in [6.45, 7) is 2.77. The highest BCUT2D eigenvalue weighted by Crippen LogP contribution is 2.16. The minimum absolute atomic E-state index is 0.0253. The molecule has 152 valence electrons. The maximum absolute atomic E-state index is 12.3. The Morgan fingerprint density at radius 2 is 2.07 bits per heavy atom. The molecule has 0 fully saturated rings. The fraction of sp³-hybridized carbons (Fsp3) is 0.250. The van der Waals surface area contributed by atoms with Gasteiger partial charge in [0.25, 0.3) is 0 Å². The van der Waals surface area contributed by atoms with Crippen LogP contribution < -0.4 is 4.74 Å². The number of aryl methyl sites for hydroxylation is 1. The number of hydrogen-bond donors (Lipinski definition) is 1. The zero-order valence-corrected chi connectivity index (χ0v) is 17.7. The monoisotopic (exact) mass is 432 g/mol. The van der Waals surface area contributed by atoms with Gasteiger partial charge in [-0.1, -0.05) is 23.4 Å². The summed E-state index contributed by atoms with van der Waals surface area (Å²) in [5.41, 5.74) is 0. The number of H-pyrrole nitrogens is 1. The topological polar surface area (TPSA) is 84.3 Å². The van der Waals surface area contributed by atoms with E-state index in [1.54, 1.807) is 42.3 Å². The predicted molar refractivity (Wildman–Crippen MR) is 114 cm³/mol. The van der Waals surface area contributed by atoms with E-state index in [2.05, 4.69) is 15.2 Å². The van der Waals surface area contributed by atoms with Gasteiger partial charge in [0.05, 0.1) is 12.3 Å². The van der Waals surface area contributed by atoms with Crippen LogP contribution >= 0.6 is 23.4 Å². The predicted octanol–water partition coefficient (Wildman–Crippen LogP) is 4.16. The molecule has 29 heavy (non-hydrogen) atoms. The number of nitrogens with zero attached hydrogens (tertiary/aromatic N) is 3. The van der Waals surface area contributed by atoms with Crippen molar-refractivity contribution in [3.05, 3.63) is 58.8 Å². The quantitative estimate of drug-likeness (QED) is 0.511. The van der Waals surface area contributed by atoms with Crippen molar-refractivity contribution in [1.82, 2.24) is 20.1 Å². The second kappa shape index (κ2) is 10.2. The Kier molecular flexibility index (Phi) is 7.37. The number of amides is 1. The number of halogens is 1. The molecule has 0 saturated carbocycles. The van der Waals surface area contributed by atoms with Crippen molar-refractivity contribution < 1.29 is 13.9 Å². The van der Waals surface area contributed by atoms with Crippen LogP contribution in [-0.4, -0.2) is 51.9 Å². The van der Waals surface area contributed by atoms with E-state index in [1.165, 1.54) is 11.8 Å². The molecular formula is C20H21ClN4O3S. The normalized spacial score (nSPS) is 11.1. The third kappa shape index (κ3) is 6.69. The van der Waals surface area contributed by atoms with Gasteiger partial charge in [-0.05, 0) is 55.5 Å². The van der Waals surface area contributed by atoms with Crippen molar-refractivity contribution in [3.8, 4) is 5.75 Å². The number of carbonyl (C=O) groups excluding carboxylic acids is 1. The maximum atomic E-state index is 12.3. The summed E-state index contributed by atoms with van der Waals surface area (Å²) in [5, 5.41) is 8.11. The minimum Gasteiger partial charge on any atom is -0.492 e. The lowest BCUT2D eigenvalue weighted by molar-refractivity contribution is -0.127. The number of aromatic amines is 1. The number of rotatable bonds is 9. The number of aromatic nitrogens is 3. The highest BCUT2D eigenvalue weighted by molar-refractivity contribution is 7.99. The largest absolute Gasteiger partial charge is 0.492 e. The first kappa shape index (κ1) is 21.0. The van der Waals surface area contributed by atoms with Gasteiger partial charge >= 0.3 is 0 Å². The van der Waals surface area contributed by atoms with Gasteiger partial charge < -0.3 is 14.1 Å². The number of furan rings is 1. The Balaban J connectivity index is 1.40. The lowest BCUT2D eigenvalue weighted by Crippen LogP contribution is -2.32. The van der Waals surface area contributed by atoms with E-state index in [1.807, 2.05) is 25.1 Å². The molecule has 0 saturated heterocycles. The molecule has 2 aromatic heterocycles. The van der Waals surface area contributed by atoms with E-state index >= 15 is 0 Å². The van der Waals surface area contributed by atoms with Crippen LogP contribution in [0.3, 0.4) is 0 Å². The van der Waals surface area contributed by atoms with Gasteiger partial charge in [-0.2, -0.15) is 0 Å². The van der Waals surface area contributed by atoms with Crippen molar-refractivity contribution in [2.24, 2.45) is 0 Å². The van der Waals surface area contributed by atoms with Crippen LogP contribution in [0, 0.1) is 6.92 Å². The van der Waals surface area contributed by atoms with Gasteiger partial charge in [0.1, 0.15) is 29.7 Å². The molecule has 9 heteroatoms. The smallest absolute Gasteiger partial charge is 0.232 e. The van der Waals surface area contributed by atoms with Crippen molar-refractivity contribution in [3.63, 3.8) is 0 Å². The van der Waals surface area contributed by atoms with Gasteiger partial charge in [0.15, 0.2) is 0 Å². The Morgan fingerprint density at radius 1 is 1.28 bits per heavy atom. The molecule has 0 aliphatic carbocycles. The molecule has 0 unspecified atom stereocenters. The molecule has 3 rings (SSSR count). The summed E-state index contributed by atoms with van der Waals surface area (Å²) < 4.78 is 11.1. The molecule has 0 aliphatic rings. The van der Waals surface area contributed by atoms with Gasteiger partial charge in [0, 0.05) is 12.1 Å². The lowest BCUT2D eigenvalue weighted by atomic mass is 10.3. The fourth-order valence-corrected chi connectivity index (χ4v) is 3.17. The van der Waals surface area contributed by atoms with Gasteiger partial charge in [-0.25, -0.2) is 4.98 Å². The molecule has 1 N–H and O–H groups in total. The standard InChI is InChI=1S/C20H21ClN4O3S/c1-14-3-6-17(28-14)9-10-18-22-20(24-23-18)29-13-19(26)25(2)11-12-27-16-7-4-15(21)5-8-16/h3-10H,11-13H2,1-2H3,(H,22,23,24)/b10-9+. The summed E-state index contributed by atoms with van der Waals surface area (Å²) in [5.74, 6) is 3.12. The molecular weight excluding hydrogens is 412 g/mol. The van der Waals surface area contributed by atoms with Crippen LogP contribution in [0.15, 0.2) is 46.0 Å². The van der Waals surface area contributed by atoms with E-state index in [9.17, 15) is 4.79 Å². The maximum Gasteiger partial charge on any atom is 0.232 e. The van der Waals surface area contributed by atoms with E-state index in [0.717, 1.165) is 17.3 Å². The molecule has 0 atom stereocenters. The highest BCUT2D eigenvalue weighted by atomic mass is 35.5. The SMILES string of the molecule is Cc1ccc(/C=C/c2nc(SCC(=O)N(C)CCOc3ccc(Cl)cc3)n[nH]2)o1. The average Bonchev–Trinajstić information content (AvgIpc) is 3.34. The number of carbonyl (C=O) groups is 1. The third-order valence-electron chi connectivity index (χ3n) is 3.91. The van der Waals surface area contributed by atoms with E-state index in [-0.39, 0.29) is 11.7 Å². The van der Waals surface area contributed by atoms with Gasteiger partial charge in [-0.15, -0.1) is 5.10 Å². The van der Waals surface area contributed by atoms with Crippen LogP contribution in [-0.2, 0) is 4.79 Å². The number of hydrogen-bond acceptors (Lipinski definition) is 6. The molecule has 7 nitrogen and oxygen atoms in total. The summed E-state index contributed by atoms with van der Waals surface area (Å²) in [4.78, 5) is 18.2. The zero-order valence-electron chi connectivity index (χ0n) is 16.1. The second-order valence-corrected chi connectivity index (χ2v) is 7.57. The molecule has 3 aromatic rings. The lowest BCUT2D eigenvalue weighted by Gasteiger charge is -2.17. The van der Waals surface area contributed by atoms with Crippen molar-refractivity contribution >= 4 is 41.4 Å². The Morgan fingerprint density at radius 3 is 2.79 bits per heavy atom. The first-order chi connectivity index (χ1) is 14.0. The van der Waals surface area contributed by atoms with Crippen LogP contribution in [0.4, 0.5) is 0 Å². The van der Waals surface area contributed by atoms with Gasteiger partial charge in [0.2, 0.25) is 11.1 Å². The van der Waals surface area contributed by atoms with Crippen LogP contribution in [0.25, 0.3) is 12.2 Å². The molecule has 1 aromatic carbocycles. The third-order valence-corrected chi connectivity index (χ3v) is 4.99. The fourth-order valence-electron chi connectivity index (χ4n) is 2.29. The summed E-state index contributed by atoms with van der Waals surface area (Å²) in [7, 11) is 1.74. The average molecular weight is 433 g/mol. The molecule has 0 aliphatic heterocycles. The van der Waals surface area contributed by atoms with E-state index in [0.29, 0.717) is 29.2 Å². The van der Waals surface area contributed by atoms with Crippen LogP contribution in [0.5, 0.6) is 5.75 Å².